The molecule has 0 unspecified atom stereocenters. The van der Waals surface area contributed by atoms with Crippen molar-refractivity contribution >= 4 is 16.7 Å². The van der Waals surface area contributed by atoms with E-state index in [0.717, 1.165) is 23.6 Å². The number of amides is 1. The molecule has 2 aromatic carbocycles. The molecule has 0 radical (unpaired) electrons. The zero-order valence-electron chi connectivity index (χ0n) is 12.1. The third kappa shape index (κ3) is 2.99. The quantitative estimate of drug-likeness (QED) is 0.877. The Kier molecular flexibility index (Phi) is 4.40. The normalized spacial score (nSPS) is 11.6. The fourth-order valence-electron chi connectivity index (χ4n) is 2.27. The average molecular weight is 270 g/mol. The van der Waals surface area contributed by atoms with Gasteiger partial charge in [0.1, 0.15) is 0 Å². The molecule has 0 atom stereocenters. The van der Waals surface area contributed by atoms with Gasteiger partial charge in [0.05, 0.1) is 0 Å². The van der Waals surface area contributed by atoms with Crippen molar-refractivity contribution < 1.29 is 4.79 Å². The highest BCUT2D eigenvalue weighted by Gasteiger charge is 2.21. The fourth-order valence-corrected chi connectivity index (χ4v) is 2.27. The molecule has 0 saturated carbocycles. The van der Waals surface area contributed by atoms with Gasteiger partial charge in [-0.2, -0.15) is 0 Å². The maximum absolute atomic E-state index is 12.4. The molecule has 0 spiro atoms. The van der Waals surface area contributed by atoms with Gasteiger partial charge in [-0.1, -0.05) is 50.2 Å². The summed E-state index contributed by atoms with van der Waals surface area (Å²) in [6, 6.07) is 13.7. The number of fused-ring (bicyclic) bond motifs is 1. The van der Waals surface area contributed by atoms with Crippen LogP contribution >= 0.6 is 0 Å². The van der Waals surface area contributed by atoms with E-state index in [-0.39, 0.29) is 11.4 Å². The van der Waals surface area contributed by atoms with Crippen LogP contribution in [0.4, 0.5) is 0 Å². The van der Waals surface area contributed by atoms with Crippen LogP contribution in [0.15, 0.2) is 42.5 Å². The van der Waals surface area contributed by atoms with Gasteiger partial charge in [-0.05, 0) is 29.7 Å². The average Bonchev–Trinajstić information content (AvgIpc) is 2.51. The molecule has 0 aliphatic carbocycles. The molecule has 1 amide bonds. The highest BCUT2D eigenvalue weighted by molar-refractivity contribution is 6.07. The van der Waals surface area contributed by atoms with Crippen molar-refractivity contribution in [2.24, 2.45) is 5.73 Å². The van der Waals surface area contributed by atoms with Gasteiger partial charge in [0.15, 0.2) is 0 Å². The topological polar surface area (TPSA) is 55.1 Å². The molecule has 0 saturated heterocycles. The first-order valence-corrected chi connectivity index (χ1v) is 7.14. The van der Waals surface area contributed by atoms with Gasteiger partial charge in [0.2, 0.25) is 0 Å². The van der Waals surface area contributed by atoms with E-state index in [2.05, 4.69) is 5.32 Å². The Balaban J connectivity index is 2.20. The minimum Gasteiger partial charge on any atom is -0.350 e. The summed E-state index contributed by atoms with van der Waals surface area (Å²) in [5.74, 6) is -0.0569. The SMILES string of the molecule is CCC(N)(CC)CNC(=O)c1cccc2ccccc12. The third-order valence-corrected chi connectivity index (χ3v) is 4.04. The number of carbonyl (C=O) groups is 1. The van der Waals surface area contributed by atoms with E-state index in [1.54, 1.807) is 0 Å². The van der Waals surface area contributed by atoms with Gasteiger partial charge in [0.25, 0.3) is 5.91 Å². The van der Waals surface area contributed by atoms with Crippen LogP contribution in [0.1, 0.15) is 37.0 Å². The van der Waals surface area contributed by atoms with Gasteiger partial charge in [-0.25, -0.2) is 0 Å². The molecule has 106 valence electrons. The summed E-state index contributed by atoms with van der Waals surface area (Å²) < 4.78 is 0. The molecule has 0 aliphatic heterocycles. The fraction of sp³-hybridized carbons (Fsp3) is 0.353. The molecule has 3 nitrogen and oxygen atoms in total. The van der Waals surface area contributed by atoms with Crippen LogP contribution in [0.3, 0.4) is 0 Å². The molecule has 0 heterocycles. The lowest BCUT2D eigenvalue weighted by atomic mass is 9.94. The van der Waals surface area contributed by atoms with Crippen LogP contribution in [0.25, 0.3) is 10.8 Å². The lowest BCUT2D eigenvalue weighted by molar-refractivity contribution is 0.0944. The zero-order chi connectivity index (χ0) is 14.6. The summed E-state index contributed by atoms with van der Waals surface area (Å²) in [6.07, 6.45) is 1.69. The summed E-state index contributed by atoms with van der Waals surface area (Å²) in [5, 5.41) is 5.02. The highest BCUT2D eigenvalue weighted by atomic mass is 16.1. The van der Waals surface area contributed by atoms with Crippen molar-refractivity contribution in [1.29, 1.82) is 0 Å². The highest BCUT2D eigenvalue weighted by Crippen LogP contribution is 2.18. The predicted octanol–water partition coefficient (Wildman–Crippen LogP) is 3.09. The number of hydrogen-bond donors (Lipinski definition) is 2. The van der Waals surface area contributed by atoms with Crippen LogP contribution in [0.2, 0.25) is 0 Å². The maximum atomic E-state index is 12.4. The number of nitrogens with one attached hydrogen (secondary N) is 1. The summed E-state index contributed by atoms with van der Waals surface area (Å²) in [5.41, 5.74) is 6.61. The van der Waals surface area contributed by atoms with Crippen molar-refractivity contribution in [2.45, 2.75) is 32.2 Å². The summed E-state index contributed by atoms with van der Waals surface area (Å²) in [7, 11) is 0. The van der Waals surface area contributed by atoms with E-state index in [4.69, 9.17) is 5.73 Å². The minimum atomic E-state index is -0.319. The van der Waals surface area contributed by atoms with Crippen molar-refractivity contribution in [3.8, 4) is 0 Å². The summed E-state index contributed by atoms with van der Waals surface area (Å²) in [4.78, 5) is 12.4. The Morgan fingerprint density at radius 1 is 1.10 bits per heavy atom. The monoisotopic (exact) mass is 270 g/mol. The molecule has 0 bridgehead atoms. The van der Waals surface area contributed by atoms with Gasteiger partial charge < -0.3 is 11.1 Å². The van der Waals surface area contributed by atoms with Crippen molar-refractivity contribution in [2.75, 3.05) is 6.54 Å². The van der Waals surface area contributed by atoms with Gasteiger partial charge >= 0.3 is 0 Å². The summed E-state index contributed by atoms with van der Waals surface area (Å²) in [6.45, 7) is 4.60. The maximum Gasteiger partial charge on any atom is 0.251 e. The van der Waals surface area contributed by atoms with Gasteiger partial charge in [0, 0.05) is 17.6 Å². The second-order valence-electron chi connectivity index (χ2n) is 5.28. The first-order valence-electron chi connectivity index (χ1n) is 7.14. The largest absolute Gasteiger partial charge is 0.350 e. The molecular weight excluding hydrogens is 248 g/mol. The van der Waals surface area contributed by atoms with Crippen LogP contribution in [-0.4, -0.2) is 18.0 Å². The smallest absolute Gasteiger partial charge is 0.251 e. The standard InChI is InChI=1S/C17H22N2O/c1-3-17(18,4-2)12-19-16(20)15-11-7-9-13-8-5-6-10-14(13)15/h5-11H,3-4,12,18H2,1-2H3,(H,19,20). The Hall–Kier alpha value is -1.87. The second kappa shape index (κ2) is 6.06. The van der Waals surface area contributed by atoms with Crippen LogP contribution in [-0.2, 0) is 0 Å². The lowest BCUT2D eigenvalue weighted by Crippen LogP contribution is -2.49. The molecule has 0 fully saturated rings. The first kappa shape index (κ1) is 14.5. The van der Waals surface area contributed by atoms with Crippen molar-refractivity contribution in [3.05, 3.63) is 48.0 Å². The molecule has 3 heteroatoms. The van der Waals surface area contributed by atoms with E-state index < -0.39 is 0 Å². The number of hydrogen-bond acceptors (Lipinski definition) is 2. The van der Waals surface area contributed by atoms with E-state index in [1.807, 2.05) is 56.3 Å². The Labute approximate surface area is 120 Å². The van der Waals surface area contributed by atoms with Crippen molar-refractivity contribution in [3.63, 3.8) is 0 Å². The van der Waals surface area contributed by atoms with E-state index in [9.17, 15) is 4.79 Å². The van der Waals surface area contributed by atoms with Crippen molar-refractivity contribution in [1.82, 2.24) is 5.32 Å². The summed E-state index contributed by atoms with van der Waals surface area (Å²) >= 11 is 0. The Morgan fingerprint density at radius 2 is 1.75 bits per heavy atom. The van der Waals surface area contributed by atoms with Gasteiger partial charge in [-0.3, -0.25) is 4.79 Å². The third-order valence-electron chi connectivity index (χ3n) is 4.04. The molecule has 0 aromatic heterocycles. The van der Waals surface area contributed by atoms with E-state index in [1.165, 1.54) is 0 Å². The Morgan fingerprint density at radius 3 is 2.45 bits per heavy atom. The van der Waals surface area contributed by atoms with Crippen LogP contribution in [0.5, 0.6) is 0 Å². The second-order valence-corrected chi connectivity index (χ2v) is 5.28. The van der Waals surface area contributed by atoms with Crippen LogP contribution in [0, 0.1) is 0 Å². The number of rotatable bonds is 5. The number of nitrogens with two attached hydrogens (primary N) is 1. The zero-order valence-corrected chi connectivity index (χ0v) is 12.1. The number of benzene rings is 2. The molecule has 2 aromatic rings. The molecule has 2 rings (SSSR count). The van der Waals surface area contributed by atoms with Gasteiger partial charge in [-0.15, -0.1) is 0 Å². The molecule has 3 N–H and O–H groups in total. The van der Waals surface area contributed by atoms with E-state index in [0.29, 0.717) is 12.1 Å². The van der Waals surface area contributed by atoms with Crippen LogP contribution < -0.4 is 11.1 Å². The molecule has 0 aliphatic rings. The molecular formula is C17H22N2O. The van der Waals surface area contributed by atoms with E-state index >= 15 is 0 Å². The predicted molar refractivity (Wildman–Crippen MR) is 83.8 cm³/mol. The Bertz CT molecular complexity index is 597. The first-order chi connectivity index (χ1) is 9.59. The minimum absolute atomic E-state index is 0.0569. The molecule has 20 heavy (non-hydrogen) atoms. The lowest BCUT2D eigenvalue weighted by Gasteiger charge is -2.26. The number of carbonyl (C=O) groups excluding carboxylic acids is 1.